The van der Waals surface area contributed by atoms with Gasteiger partial charge in [-0.25, -0.2) is 13.4 Å². The summed E-state index contributed by atoms with van der Waals surface area (Å²) in [6.07, 6.45) is 0. The minimum atomic E-state index is -3.58. The van der Waals surface area contributed by atoms with Crippen LogP contribution in [0.5, 0.6) is 11.5 Å². The van der Waals surface area contributed by atoms with E-state index in [1.54, 1.807) is 29.5 Å². The van der Waals surface area contributed by atoms with Gasteiger partial charge in [-0.1, -0.05) is 23.7 Å². The Morgan fingerprint density at radius 1 is 0.969 bits per heavy atom. The molecule has 0 bridgehead atoms. The summed E-state index contributed by atoms with van der Waals surface area (Å²) in [6.45, 7) is 3.78. The van der Waals surface area contributed by atoms with Gasteiger partial charge in [0.05, 0.1) is 17.1 Å². The van der Waals surface area contributed by atoms with E-state index in [-0.39, 0.29) is 4.90 Å². The number of piperazine rings is 1. The minimum absolute atomic E-state index is 0.239. The van der Waals surface area contributed by atoms with Crippen molar-refractivity contribution < 1.29 is 17.9 Å². The molecule has 10 heteroatoms. The number of aromatic nitrogens is 1. The highest BCUT2D eigenvalue weighted by atomic mass is 35.5. The smallest absolute Gasteiger partial charge is 0.243 e. The van der Waals surface area contributed by atoms with Crippen LogP contribution in [0.2, 0.25) is 5.02 Å². The lowest BCUT2D eigenvalue weighted by atomic mass is 10.2. The number of halogens is 1. The highest BCUT2D eigenvalue weighted by molar-refractivity contribution is 7.89. The molecule has 168 valence electrons. The maximum Gasteiger partial charge on any atom is 0.243 e. The summed E-state index contributed by atoms with van der Waals surface area (Å²) in [5, 5.41) is 3.76. The Balaban J connectivity index is 1.21. The van der Waals surface area contributed by atoms with E-state index in [1.165, 1.54) is 4.31 Å². The topological polar surface area (TPSA) is 72.0 Å². The molecule has 1 aromatic heterocycles. The molecule has 0 saturated carbocycles. The molecule has 0 unspecified atom stereocenters. The van der Waals surface area contributed by atoms with Crippen LogP contribution in [-0.4, -0.2) is 62.0 Å². The fourth-order valence-electron chi connectivity index (χ4n) is 3.79. The van der Waals surface area contributed by atoms with Crippen molar-refractivity contribution in [3.8, 4) is 22.8 Å². The van der Waals surface area contributed by atoms with Gasteiger partial charge < -0.3 is 9.47 Å². The Bertz CT molecular complexity index is 1210. The second-order valence-corrected chi connectivity index (χ2v) is 10.9. The van der Waals surface area contributed by atoms with E-state index in [1.807, 2.05) is 29.6 Å². The number of benzene rings is 2. The maximum absolute atomic E-state index is 13.1. The van der Waals surface area contributed by atoms with Crippen molar-refractivity contribution in [1.29, 1.82) is 0 Å². The molecule has 2 aliphatic rings. The number of thiazole rings is 1. The molecule has 1 fully saturated rings. The monoisotopic (exact) mass is 491 g/mol. The van der Waals surface area contributed by atoms with E-state index < -0.39 is 10.0 Å². The molecule has 2 aromatic carbocycles. The summed E-state index contributed by atoms with van der Waals surface area (Å²) in [4.78, 5) is 7.21. The third kappa shape index (κ3) is 4.49. The molecule has 0 radical (unpaired) electrons. The first kappa shape index (κ1) is 21.7. The molecule has 3 aromatic rings. The van der Waals surface area contributed by atoms with E-state index >= 15 is 0 Å². The number of sulfonamides is 1. The Morgan fingerprint density at radius 2 is 1.69 bits per heavy atom. The third-order valence-corrected chi connectivity index (χ3v) is 8.51. The molecule has 2 aliphatic heterocycles. The lowest BCUT2D eigenvalue weighted by Gasteiger charge is -2.33. The zero-order chi connectivity index (χ0) is 22.1. The van der Waals surface area contributed by atoms with E-state index in [9.17, 15) is 8.42 Å². The first-order valence-corrected chi connectivity index (χ1v) is 13.0. The van der Waals surface area contributed by atoms with Crippen LogP contribution in [0, 0.1) is 0 Å². The Hall–Kier alpha value is -2.17. The molecule has 0 aliphatic carbocycles. The highest BCUT2D eigenvalue weighted by Crippen LogP contribution is 2.33. The van der Waals surface area contributed by atoms with Gasteiger partial charge in [0.25, 0.3) is 0 Å². The average Bonchev–Trinajstić information content (AvgIpc) is 3.28. The maximum atomic E-state index is 13.1. The standard InChI is InChI=1S/C22H22ClN3O4S2/c23-17-3-1-16(2-4-17)19-15-31-22(24-19)14-25-7-9-26(10-8-25)32(27,28)18-5-6-20-21(13-18)30-12-11-29-20/h1-6,13,15H,7-12,14H2. The molecule has 0 N–H and O–H groups in total. The van der Waals surface area contributed by atoms with Gasteiger partial charge in [0.15, 0.2) is 11.5 Å². The first-order chi connectivity index (χ1) is 15.5. The van der Waals surface area contributed by atoms with Crippen LogP contribution in [0.4, 0.5) is 0 Å². The van der Waals surface area contributed by atoms with E-state index in [0.29, 0.717) is 62.5 Å². The molecule has 0 atom stereocenters. The summed E-state index contributed by atoms with van der Waals surface area (Å²) in [5.74, 6) is 1.07. The van der Waals surface area contributed by atoms with Crippen molar-refractivity contribution in [1.82, 2.24) is 14.2 Å². The highest BCUT2D eigenvalue weighted by Gasteiger charge is 2.30. The lowest BCUT2D eigenvalue weighted by molar-refractivity contribution is 0.170. The van der Waals surface area contributed by atoms with Gasteiger partial charge in [0, 0.05) is 48.2 Å². The Labute approximate surface area is 196 Å². The van der Waals surface area contributed by atoms with Crippen LogP contribution in [-0.2, 0) is 16.6 Å². The molecule has 1 saturated heterocycles. The zero-order valence-corrected chi connectivity index (χ0v) is 19.6. The first-order valence-electron chi connectivity index (χ1n) is 10.3. The quantitative estimate of drug-likeness (QED) is 0.541. The third-order valence-electron chi connectivity index (χ3n) is 5.53. The minimum Gasteiger partial charge on any atom is -0.486 e. The fraction of sp³-hybridized carbons (Fsp3) is 0.318. The lowest BCUT2D eigenvalue weighted by Crippen LogP contribution is -2.48. The van der Waals surface area contributed by atoms with E-state index in [4.69, 9.17) is 26.1 Å². The van der Waals surface area contributed by atoms with Crippen LogP contribution in [0.3, 0.4) is 0 Å². The van der Waals surface area contributed by atoms with Gasteiger partial charge in [-0.15, -0.1) is 11.3 Å². The van der Waals surface area contributed by atoms with Crippen LogP contribution < -0.4 is 9.47 Å². The SMILES string of the molecule is O=S(=O)(c1ccc2c(c1)OCCO2)N1CCN(Cc2nc(-c3ccc(Cl)cc3)cs2)CC1. The summed E-state index contributed by atoms with van der Waals surface area (Å²) in [5.41, 5.74) is 1.97. The Morgan fingerprint density at radius 3 is 2.44 bits per heavy atom. The number of hydrogen-bond donors (Lipinski definition) is 0. The summed E-state index contributed by atoms with van der Waals surface area (Å²) in [7, 11) is -3.58. The van der Waals surface area contributed by atoms with Gasteiger partial charge in [-0.05, 0) is 24.3 Å². The van der Waals surface area contributed by atoms with Gasteiger partial charge in [-0.3, -0.25) is 4.90 Å². The molecule has 3 heterocycles. The van der Waals surface area contributed by atoms with E-state index in [2.05, 4.69) is 4.90 Å². The Kier molecular flexibility index (Phi) is 6.09. The van der Waals surface area contributed by atoms with Crippen LogP contribution in [0.15, 0.2) is 52.7 Å². The molecule has 7 nitrogen and oxygen atoms in total. The van der Waals surface area contributed by atoms with Crippen LogP contribution in [0.1, 0.15) is 5.01 Å². The van der Waals surface area contributed by atoms with Gasteiger partial charge in [0.1, 0.15) is 18.2 Å². The molecular weight excluding hydrogens is 470 g/mol. The van der Waals surface area contributed by atoms with Crippen LogP contribution >= 0.6 is 22.9 Å². The predicted molar refractivity (Wildman–Crippen MR) is 124 cm³/mol. The molecule has 5 rings (SSSR count). The van der Waals surface area contributed by atoms with Crippen molar-refractivity contribution in [2.75, 3.05) is 39.4 Å². The summed E-state index contributed by atoms with van der Waals surface area (Å²) < 4.78 is 38.8. The normalized spacial score (nSPS) is 17.4. The molecule has 0 spiro atoms. The van der Waals surface area contributed by atoms with Gasteiger partial charge >= 0.3 is 0 Å². The van der Waals surface area contributed by atoms with Crippen molar-refractivity contribution in [2.24, 2.45) is 0 Å². The number of fused-ring (bicyclic) bond motifs is 1. The zero-order valence-electron chi connectivity index (χ0n) is 17.2. The number of hydrogen-bond acceptors (Lipinski definition) is 7. The second kappa shape index (κ2) is 8.99. The van der Waals surface area contributed by atoms with Crippen molar-refractivity contribution in [3.05, 3.63) is 57.9 Å². The predicted octanol–water partition coefficient (Wildman–Crippen LogP) is 3.74. The second-order valence-electron chi connectivity index (χ2n) is 7.62. The molecule has 32 heavy (non-hydrogen) atoms. The van der Waals surface area contributed by atoms with Crippen molar-refractivity contribution in [3.63, 3.8) is 0 Å². The largest absolute Gasteiger partial charge is 0.486 e. The molecular formula is C22H22ClN3O4S2. The fourth-order valence-corrected chi connectivity index (χ4v) is 6.20. The van der Waals surface area contributed by atoms with Crippen LogP contribution in [0.25, 0.3) is 11.3 Å². The van der Waals surface area contributed by atoms with Crippen molar-refractivity contribution in [2.45, 2.75) is 11.4 Å². The number of ether oxygens (including phenoxy) is 2. The molecule has 0 amide bonds. The van der Waals surface area contributed by atoms with E-state index in [0.717, 1.165) is 16.3 Å². The van der Waals surface area contributed by atoms with Gasteiger partial charge in [0.2, 0.25) is 10.0 Å². The van der Waals surface area contributed by atoms with Crippen molar-refractivity contribution >= 4 is 33.0 Å². The number of rotatable bonds is 5. The number of nitrogens with zero attached hydrogens (tertiary/aromatic N) is 3. The summed E-state index contributed by atoms with van der Waals surface area (Å²) in [6, 6.07) is 12.4. The average molecular weight is 492 g/mol. The summed E-state index contributed by atoms with van der Waals surface area (Å²) >= 11 is 7.58. The van der Waals surface area contributed by atoms with Gasteiger partial charge in [-0.2, -0.15) is 4.31 Å².